The summed E-state index contributed by atoms with van der Waals surface area (Å²) in [5.74, 6) is -0.257. The minimum atomic E-state index is -0.257. The Hall–Kier alpha value is -1.39. The first kappa shape index (κ1) is 9.70. The van der Waals surface area contributed by atoms with Crippen LogP contribution in [0.4, 0.5) is 0 Å². The number of aromatic nitrogens is 3. The van der Waals surface area contributed by atoms with E-state index in [1.54, 1.807) is 11.0 Å². The maximum absolute atomic E-state index is 10.7. The van der Waals surface area contributed by atoms with Crippen LogP contribution in [-0.2, 0) is 16.1 Å². The van der Waals surface area contributed by atoms with E-state index in [0.29, 0.717) is 6.54 Å². The number of hydrogen-bond donors (Lipinski definition) is 0. The van der Waals surface area contributed by atoms with Gasteiger partial charge in [0.1, 0.15) is 18.8 Å². The van der Waals surface area contributed by atoms with E-state index in [-0.39, 0.29) is 12.1 Å². The fourth-order valence-electron chi connectivity index (χ4n) is 1.02. The molecule has 0 amide bonds. The van der Waals surface area contributed by atoms with Crippen LogP contribution in [0, 0.1) is 0 Å². The summed E-state index contributed by atoms with van der Waals surface area (Å²) in [5.41, 5.74) is 0. The average Bonchev–Trinajstić information content (AvgIpc) is 2.55. The Morgan fingerprint density at radius 1 is 1.69 bits per heavy atom. The van der Waals surface area contributed by atoms with Gasteiger partial charge in [0.25, 0.3) is 0 Å². The van der Waals surface area contributed by atoms with Crippen molar-refractivity contribution in [3.63, 3.8) is 0 Å². The fourth-order valence-corrected chi connectivity index (χ4v) is 1.02. The Balaban J connectivity index is 2.45. The van der Waals surface area contributed by atoms with Crippen LogP contribution in [0.5, 0.6) is 0 Å². The summed E-state index contributed by atoms with van der Waals surface area (Å²) in [5, 5.41) is 3.93. The zero-order valence-corrected chi connectivity index (χ0v) is 7.80. The molecule has 1 aromatic heterocycles. The molecule has 0 radical (unpaired) electrons. The van der Waals surface area contributed by atoms with Crippen LogP contribution in [0.1, 0.15) is 20.3 Å². The first-order valence-electron chi connectivity index (χ1n) is 4.22. The van der Waals surface area contributed by atoms with Gasteiger partial charge >= 0.3 is 5.97 Å². The van der Waals surface area contributed by atoms with Crippen LogP contribution in [0.2, 0.25) is 0 Å². The van der Waals surface area contributed by atoms with Crippen LogP contribution >= 0.6 is 0 Å². The van der Waals surface area contributed by atoms with Crippen LogP contribution in [0.25, 0.3) is 0 Å². The molecule has 5 heteroatoms. The molecule has 5 nitrogen and oxygen atoms in total. The monoisotopic (exact) mass is 183 g/mol. The quantitative estimate of drug-likeness (QED) is 0.642. The van der Waals surface area contributed by atoms with E-state index in [2.05, 4.69) is 10.1 Å². The summed E-state index contributed by atoms with van der Waals surface area (Å²) >= 11 is 0. The van der Waals surface area contributed by atoms with Gasteiger partial charge in [0.2, 0.25) is 0 Å². The van der Waals surface area contributed by atoms with Crippen molar-refractivity contribution in [2.24, 2.45) is 0 Å². The molecule has 0 fully saturated rings. The van der Waals surface area contributed by atoms with E-state index >= 15 is 0 Å². The van der Waals surface area contributed by atoms with Crippen LogP contribution < -0.4 is 0 Å². The van der Waals surface area contributed by atoms with Gasteiger partial charge in [0.05, 0.1) is 6.54 Å². The smallest absolute Gasteiger partial charge is 0.302 e. The van der Waals surface area contributed by atoms with Crippen molar-refractivity contribution >= 4 is 5.97 Å². The molecular formula is C8H13N3O2. The van der Waals surface area contributed by atoms with E-state index in [1.165, 1.54) is 13.3 Å². The first-order chi connectivity index (χ1) is 6.22. The van der Waals surface area contributed by atoms with Crippen molar-refractivity contribution in [2.75, 3.05) is 0 Å². The molecule has 1 aromatic rings. The lowest BCUT2D eigenvalue weighted by atomic mass is 10.3. The second-order valence-corrected chi connectivity index (χ2v) is 2.76. The highest BCUT2D eigenvalue weighted by Crippen LogP contribution is 2.01. The molecule has 1 atom stereocenters. The molecule has 0 bridgehead atoms. The van der Waals surface area contributed by atoms with Gasteiger partial charge in [0.15, 0.2) is 0 Å². The molecule has 1 heterocycles. The molecule has 0 saturated carbocycles. The van der Waals surface area contributed by atoms with Gasteiger partial charge in [-0.05, 0) is 6.42 Å². The highest BCUT2D eigenvalue weighted by atomic mass is 16.5. The van der Waals surface area contributed by atoms with E-state index in [4.69, 9.17) is 4.74 Å². The SMILES string of the molecule is CCC(Cn1cncn1)OC(C)=O. The molecule has 1 unspecified atom stereocenters. The summed E-state index contributed by atoms with van der Waals surface area (Å²) in [4.78, 5) is 14.5. The molecule has 13 heavy (non-hydrogen) atoms. The van der Waals surface area contributed by atoms with Crippen molar-refractivity contribution in [1.82, 2.24) is 14.8 Å². The highest BCUT2D eigenvalue weighted by Gasteiger charge is 2.10. The molecule has 0 N–H and O–H groups in total. The van der Waals surface area contributed by atoms with Gasteiger partial charge in [0, 0.05) is 6.92 Å². The van der Waals surface area contributed by atoms with Crippen molar-refractivity contribution in [1.29, 1.82) is 0 Å². The molecule has 0 spiro atoms. The highest BCUT2D eigenvalue weighted by molar-refractivity contribution is 5.66. The lowest BCUT2D eigenvalue weighted by Gasteiger charge is -2.14. The number of hydrogen-bond acceptors (Lipinski definition) is 4. The largest absolute Gasteiger partial charge is 0.461 e. The fraction of sp³-hybridized carbons (Fsp3) is 0.625. The van der Waals surface area contributed by atoms with E-state index < -0.39 is 0 Å². The Morgan fingerprint density at radius 2 is 2.46 bits per heavy atom. The molecular weight excluding hydrogens is 170 g/mol. The van der Waals surface area contributed by atoms with Crippen molar-refractivity contribution < 1.29 is 9.53 Å². The average molecular weight is 183 g/mol. The van der Waals surface area contributed by atoms with Gasteiger partial charge in [-0.25, -0.2) is 9.67 Å². The van der Waals surface area contributed by atoms with Gasteiger partial charge < -0.3 is 4.74 Å². The molecule has 1 rings (SSSR count). The van der Waals surface area contributed by atoms with Crippen molar-refractivity contribution in [3.8, 4) is 0 Å². The number of rotatable bonds is 4. The number of carbonyl (C=O) groups is 1. The van der Waals surface area contributed by atoms with Gasteiger partial charge in [-0.15, -0.1) is 0 Å². The Kier molecular flexibility index (Phi) is 3.42. The Labute approximate surface area is 76.7 Å². The second-order valence-electron chi connectivity index (χ2n) is 2.76. The lowest BCUT2D eigenvalue weighted by molar-refractivity contribution is -0.147. The van der Waals surface area contributed by atoms with Crippen molar-refractivity contribution in [2.45, 2.75) is 32.9 Å². The molecule has 0 aliphatic rings. The second kappa shape index (κ2) is 4.59. The maximum Gasteiger partial charge on any atom is 0.302 e. The lowest BCUT2D eigenvalue weighted by Crippen LogP contribution is -2.21. The Bertz CT molecular complexity index is 258. The molecule has 0 saturated heterocycles. The number of nitrogens with zero attached hydrogens (tertiary/aromatic N) is 3. The minimum absolute atomic E-state index is 0.112. The number of carbonyl (C=O) groups excluding carboxylic acids is 1. The van der Waals surface area contributed by atoms with E-state index in [1.807, 2.05) is 6.92 Å². The van der Waals surface area contributed by atoms with Gasteiger partial charge in [-0.3, -0.25) is 4.79 Å². The Morgan fingerprint density at radius 3 is 2.92 bits per heavy atom. The third kappa shape index (κ3) is 3.23. The topological polar surface area (TPSA) is 57.0 Å². The van der Waals surface area contributed by atoms with Crippen molar-refractivity contribution in [3.05, 3.63) is 12.7 Å². The summed E-state index contributed by atoms with van der Waals surface area (Å²) in [6.07, 6.45) is 3.73. The summed E-state index contributed by atoms with van der Waals surface area (Å²) in [6, 6.07) is 0. The zero-order chi connectivity index (χ0) is 9.68. The summed E-state index contributed by atoms with van der Waals surface area (Å²) in [7, 11) is 0. The summed E-state index contributed by atoms with van der Waals surface area (Å²) in [6.45, 7) is 3.94. The standard InChI is InChI=1S/C8H13N3O2/c1-3-8(13-7(2)12)4-11-6-9-5-10-11/h5-6,8H,3-4H2,1-2H3. The van der Waals surface area contributed by atoms with Gasteiger partial charge in [-0.1, -0.05) is 6.92 Å². The van der Waals surface area contributed by atoms with E-state index in [0.717, 1.165) is 6.42 Å². The van der Waals surface area contributed by atoms with Crippen LogP contribution in [0.3, 0.4) is 0 Å². The molecule has 0 aromatic carbocycles. The van der Waals surface area contributed by atoms with Crippen LogP contribution in [0.15, 0.2) is 12.7 Å². The third-order valence-corrected chi connectivity index (χ3v) is 1.65. The number of ether oxygens (including phenoxy) is 1. The molecule has 0 aliphatic carbocycles. The minimum Gasteiger partial charge on any atom is -0.461 e. The third-order valence-electron chi connectivity index (χ3n) is 1.65. The first-order valence-corrected chi connectivity index (χ1v) is 4.22. The van der Waals surface area contributed by atoms with Crippen LogP contribution in [-0.4, -0.2) is 26.8 Å². The normalized spacial score (nSPS) is 12.5. The predicted molar refractivity (Wildman–Crippen MR) is 45.9 cm³/mol. The maximum atomic E-state index is 10.7. The molecule has 72 valence electrons. The van der Waals surface area contributed by atoms with Gasteiger partial charge in [-0.2, -0.15) is 5.10 Å². The van der Waals surface area contributed by atoms with E-state index in [9.17, 15) is 4.79 Å². The predicted octanol–water partition coefficient (Wildman–Crippen LogP) is 0.620. The molecule has 0 aliphatic heterocycles. The number of esters is 1. The zero-order valence-electron chi connectivity index (χ0n) is 7.80. The summed E-state index contributed by atoms with van der Waals surface area (Å²) < 4.78 is 6.70.